The molecule has 1 heterocycles. The average molecular weight is 360 g/mol. The third-order valence-electron chi connectivity index (χ3n) is 4.21. The fraction of sp³-hybridized carbons (Fsp3) is 0.350. The van der Waals surface area contributed by atoms with Crippen LogP contribution < -0.4 is 14.8 Å². The number of hydrogen-bond donors (Lipinski definition) is 1. The number of para-hydroxylation sites is 1. The molecule has 5 heteroatoms. The van der Waals surface area contributed by atoms with Crippen LogP contribution in [0.2, 0.25) is 5.02 Å². The lowest BCUT2D eigenvalue weighted by atomic mass is 9.90. The summed E-state index contributed by atoms with van der Waals surface area (Å²) in [5, 5.41) is 3.74. The summed E-state index contributed by atoms with van der Waals surface area (Å²) >= 11 is 6.00. The van der Waals surface area contributed by atoms with E-state index >= 15 is 0 Å². The van der Waals surface area contributed by atoms with E-state index in [0.29, 0.717) is 17.2 Å². The minimum atomic E-state index is -0.333. The Kier molecular flexibility index (Phi) is 4.91. The first-order valence-corrected chi connectivity index (χ1v) is 8.68. The number of carbonyl (C=O) groups excluding carboxylic acids is 1. The summed E-state index contributed by atoms with van der Waals surface area (Å²) < 4.78 is 11.6. The second kappa shape index (κ2) is 6.96. The molecule has 3 rings (SSSR count). The van der Waals surface area contributed by atoms with Gasteiger partial charge in [-0.1, -0.05) is 29.8 Å². The van der Waals surface area contributed by atoms with Gasteiger partial charge in [0.1, 0.15) is 17.1 Å². The lowest BCUT2D eigenvalue weighted by Gasteiger charge is -2.37. The highest BCUT2D eigenvalue weighted by Crippen LogP contribution is 2.39. The number of carbonyl (C=O) groups is 1. The molecule has 0 aromatic heterocycles. The number of hydrogen-bond acceptors (Lipinski definition) is 3. The second-order valence-electron chi connectivity index (χ2n) is 6.92. The number of ether oxygens (including phenoxy) is 2. The Morgan fingerprint density at radius 1 is 1.32 bits per heavy atom. The summed E-state index contributed by atoms with van der Waals surface area (Å²) in [6.07, 6.45) is 0.704. The molecule has 0 saturated heterocycles. The number of rotatable bonds is 4. The van der Waals surface area contributed by atoms with Gasteiger partial charge in [-0.15, -0.1) is 0 Å². The molecule has 0 saturated carbocycles. The van der Waals surface area contributed by atoms with E-state index in [9.17, 15) is 4.79 Å². The predicted molar refractivity (Wildman–Crippen MR) is 98.3 cm³/mol. The Morgan fingerprint density at radius 3 is 2.84 bits per heavy atom. The molecule has 2 aromatic rings. The van der Waals surface area contributed by atoms with Gasteiger partial charge < -0.3 is 14.8 Å². The zero-order valence-corrected chi connectivity index (χ0v) is 15.4. The molecule has 25 heavy (non-hydrogen) atoms. The molecule has 2 aromatic carbocycles. The standard InChI is InChI=1S/C20H22ClNO3/c1-13-10-14(8-9-16(13)21)24-12-19(23)22-17-11-20(2,3)25-18-7-5-4-6-15(17)18/h4-10,17H,11-12H2,1-3H3,(H,22,23)/t17-/m0/s1. The molecular formula is C20H22ClNO3. The number of amides is 1. The minimum absolute atomic E-state index is 0.0406. The monoisotopic (exact) mass is 359 g/mol. The fourth-order valence-corrected chi connectivity index (χ4v) is 3.14. The largest absolute Gasteiger partial charge is 0.487 e. The maximum absolute atomic E-state index is 12.4. The Morgan fingerprint density at radius 2 is 2.08 bits per heavy atom. The lowest BCUT2D eigenvalue weighted by Crippen LogP contribution is -2.42. The summed E-state index contributed by atoms with van der Waals surface area (Å²) in [5.74, 6) is 1.29. The molecule has 0 spiro atoms. The van der Waals surface area contributed by atoms with E-state index in [-0.39, 0.29) is 24.2 Å². The smallest absolute Gasteiger partial charge is 0.258 e. The van der Waals surface area contributed by atoms with E-state index in [2.05, 4.69) is 5.32 Å². The number of fused-ring (bicyclic) bond motifs is 1. The van der Waals surface area contributed by atoms with Crippen LogP contribution in [0.3, 0.4) is 0 Å². The van der Waals surface area contributed by atoms with Crippen LogP contribution in [0, 0.1) is 6.92 Å². The second-order valence-corrected chi connectivity index (χ2v) is 7.33. The number of nitrogens with one attached hydrogen (secondary N) is 1. The van der Waals surface area contributed by atoms with Gasteiger partial charge in [0.2, 0.25) is 0 Å². The van der Waals surface area contributed by atoms with Crippen molar-refractivity contribution in [3.05, 3.63) is 58.6 Å². The average Bonchev–Trinajstić information content (AvgIpc) is 2.55. The summed E-state index contributed by atoms with van der Waals surface area (Å²) in [5.41, 5.74) is 1.58. The highest BCUT2D eigenvalue weighted by molar-refractivity contribution is 6.31. The summed E-state index contributed by atoms with van der Waals surface area (Å²) in [4.78, 5) is 12.4. The topological polar surface area (TPSA) is 47.6 Å². The molecule has 0 unspecified atom stereocenters. The van der Waals surface area contributed by atoms with Crippen LogP contribution in [0.5, 0.6) is 11.5 Å². The van der Waals surface area contributed by atoms with Crippen molar-refractivity contribution >= 4 is 17.5 Å². The SMILES string of the molecule is Cc1cc(OCC(=O)N[C@H]2CC(C)(C)Oc3ccccc32)ccc1Cl. The molecule has 1 N–H and O–H groups in total. The van der Waals surface area contributed by atoms with Crippen molar-refractivity contribution in [2.75, 3.05) is 6.61 Å². The normalized spacial score (nSPS) is 18.0. The first-order valence-electron chi connectivity index (χ1n) is 8.30. The zero-order valence-electron chi connectivity index (χ0n) is 14.6. The molecule has 0 fully saturated rings. The molecule has 4 nitrogen and oxygen atoms in total. The molecule has 0 bridgehead atoms. The van der Waals surface area contributed by atoms with E-state index in [0.717, 1.165) is 16.9 Å². The van der Waals surface area contributed by atoms with Crippen molar-refractivity contribution in [1.82, 2.24) is 5.32 Å². The van der Waals surface area contributed by atoms with Gasteiger partial charge >= 0.3 is 0 Å². The Balaban J connectivity index is 1.65. The molecule has 0 aliphatic carbocycles. The first kappa shape index (κ1) is 17.6. The van der Waals surface area contributed by atoms with Crippen LogP contribution >= 0.6 is 11.6 Å². The molecular weight excluding hydrogens is 338 g/mol. The predicted octanol–water partition coefficient (Wildman–Crippen LogP) is 4.45. The maximum Gasteiger partial charge on any atom is 0.258 e. The molecule has 1 aliphatic rings. The van der Waals surface area contributed by atoms with Gasteiger partial charge in [-0.3, -0.25) is 4.79 Å². The summed E-state index contributed by atoms with van der Waals surface area (Å²) in [7, 11) is 0. The molecule has 0 radical (unpaired) electrons. The third-order valence-corrected chi connectivity index (χ3v) is 4.64. The van der Waals surface area contributed by atoms with Crippen molar-refractivity contribution in [2.24, 2.45) is 0 Å². The van der Waals surface area contributed by atoms with Crippen molar-refractivity contribution in [3.63, 3.8) is 0 Å². The zero-order chi connectivity index (χ0) is 18.0. The fourth-order valence-electron chi connectivity index (χ4n) is 3.02. The van der Waals surface area contributed by atoms with E-state index in [1.807, 2.05) is 51.1 Å². The Labute approximate surface area is 153 Å². The number of benzene rings is 2. The van der Waals surface area contributed by atoms with Gasteiger partial charge in [0.25, 0.3) is 5.91 Å². The van der Waals surface area contributed by atoms with Gasteiger partial charge in [0.15, 0.2) is 6.61 Å². The summed E-state index contributed by atoms with van der Waals surface area (Å²) in [6.45, 7) is 5.90. The van der Waals surface area contributed by atoms with E-state index < -0.39 is 0 Å². The minimum Gasteiger partial charge on any atom is -0.487 e. The number of halogens is 1. The van der Waals surface area contributed by atoms with Gasteiger partial charge in [0, 0.05) is 17.0 Å². The van der Waals surface area contributed by atoms with Gasteiger partial charge in [-0.2, -0.15) is 0 Å². The maximum atomic E-state index is 12.4. The van der Waals surface area contributed by atoms with Crippen LogP contribution in [0.15, 0.2) is 42.5 Å². The Bertz CT molecular complexity index is 788. The highest BCUT2D eigenvalue weighted by atomic mass is 35.5. The van der Waals surface area contributed by atoms with Crippen LogP contribution in [0.1, 0.15) is 37.4 Å². The van der Waals surface area contributed by atoms with Crippen molar-refractivity contribution in [3.8, 4) is 11.5 Å². The van der Waals surface area contributed by atoms with E-state index in [1.165, 1.54) is 0 Å². The molecule has 1 amide bonds. The van der Waals surface area contributed by atoms with Crippen LogP contribution in [0.4, 0.5) is 0 Å². The molecule has 1 aliphatic heterocycles. The van der Waals surface area contributed by atoms with E-state index in [1.54, 1.807) is 12.1 Å². The summed E-state index contributed by atoms with van der Waals surface area (Å²) in [6, 6.07) is 13.1. The third kappa shape index (κ3) is 4.26. The van der Waals surface area contributed by atoms with Gasteiger partial charge in [0.05, 0.1) is 6.04 Å². The van der Waals surface area contributed by atoms with Crippen molar-refractivity contribution < 1.29 is 14.3 Å². The number of aryl methyl sites for hydroxylation is 1. The van der Waals surface area contributed by atoms with Crippen LogP contribution in [-0.2, 0) is 4.79 Å². The lowest BCUT2D eigenvalue weighted by molar-refractivity contribution is -0.124. The van der Waals surface area contributed by atoms with Gasteiger partial charge in [-0.25, -0.2) is 0 Å². The molecule has 1 atom stereocenters. The van der Waals surface area contributed by atoms with Crippen LogP contribution in [-0.4, -0.2) is 18.1 Å². The van der Waals surface area contributed by atoms with Crippen LogP contribution in [0.25, 0.3) is 0 Å². The highest BCUT2D eigenvalue weighted by Gasteiger charge is 2.34. The first-order chi connectivity index (χ1) is 11.8. The molecule has 132 valence electrons. The van der Waals surface area contributed by atoms with Crippen molar-refractivity contribution in [1.29, 1.82) is 0 Å². The quantitative estimate of drug-likeness (QED) is 0.877. The van der Waals surface area contributed by atoms with Crippen molar-refractivity contribution in [2.45, 2.75) is 38.8 Å². The Hall–Kier alpha value is -2.20. The van der Waals surface area contributed by atoms with E-state index in [4.69, 9.17) is 21.1 Å². The van der Waals surface area contributed by atoms with Gasteiger partial charge in [-0.05, 0) is 50.6 Å².